The van der Waals surface area contributed by atoms with Crippen molar-refractivity contribution in [2.75, 3.05) is 13.1 Å². The van der Waals surface area contributed by atoms with Crippen molar-refractivity contribution in [3.8, 4) is 0 Å². The van der Waals surface area contributed by atoms with Crippen molar-refractivity contribution in [2.24, 2.45) is 10.8 Å². The van der Waals surface area contributed by atoms with Crippen molar-refractivity contribution in [1.82, 2.24) is 5.32 Å². The average Bonchev–Trinajstić information content (AvgIpc) is 2.47. The van der Waals surface area contributed by atoms with Crippen LogP contribution in [-0.4, -0.2) is 19.0 Å². The lowest BCUT2D eigenvalue weighted by Gasteiger charge is -2.37. The number of amides is 1. The maximum Gasteiger partial charge on any atom is 0.242 e. The van der Waals surface area contributed by atoms with Crippen molar-refractivity contribution in [3.63, 3.8) is 0 Å². The summed E-state index contributed by atoms with van der Waals surface area (Å²) in [7, 11) is 0. The highest BCUT2D eigenvalue weighted by molar-refractivity contribution is 5.87. The van der Waals surface area contributed by atoms with Gasteiger partial charge in [-0.2, -0.15) is 0 Å². The van der Waals surface area contributed by atoms with Gasteiger partial charge in [0.15, 0.2) is 0 Å². The first kappa shape index (κ1) is 14.4. The zero-order valence-corrected chi connectivity index (χ0v) is 11.4. The molecule has 0 aromatic heterocycles. The number of rotatable bonds is 6. The minimum atomic E-state index is -0.787. The van der Waals surface area contributed by atoms with Crippen molar-refractivity contribution < 1.29 is 4.79 Å². The molecule has 0 bridgehead atoms. The van der Waals surface area contributed by atoms with E-state index in [-0.39, 0.29) is 5.91 Å². The minimum Gasteiger partial charge on any atom is -0.368 e. The molecule has 0 spiro atoms. The van der Waals surface area contributed by atoms with Crippen LogP contribution < -0.4 is 11.1 Å². The monoisotopic (exact) mass is 273 g/mol. The number of nitrogens with two attached hydrogens (primary N) is 1. The molecule has 0 fully saturated rings. The molecule has 6 nitrogen and oxygen atoms in total. The van der Waals surface area contributed by atoms with Crippen molar-refractivity contribution in [2.45, 2.75) is 31.2 Å². The molecule has 20 heavy (non-hydrogen) atoms. The number of benzene rings is 1. The summed E-state index contributed by atoms with van der Waals surface area (Å²) in [6.45, 7) is 1.01. The fourth-order valence-electron chi connectivity index (χ4n) is 2.86. The Bertz CT molecular complexity index is 538. The Hall–Kier alpha value is -2.04. The molecule has 0 heterocycles. The largest absolute Gasteiger partial charge is 0.368 e. The lowest BCUT2D eigenvalue weighted by molar-refractivity contribution is -0.125. The summed E-state index contributed by atoms with van der Waals surface area (Å²) in [5.41, 5.74) is 15.3. The molecule has 6 heteroatoms. The maximum absolute atomic E-state index is 12.0. The van der Waals surface area contributed by atoms with Gasteiger partial charge in [-0.25, -0.2) is 0 Å². The van der Waals surface area contributed by atoms with Gasteiger partial charge in [0.05, 0.1) is 0 Å². The molecule has 2 rings (SSSR count). The number of fused-ring (bicyclic) bond motifs is 1. The van der Waals surface area contributed by atoms with Crippen molar-refractivity contribution >= 4 is 5.91 Å². The normalized spacial score (nSPS) is 20.8. The average molecular weight is 273 g/mol. The Labute approximate surface area is 118 Å². The van der Waals surface area contributed by atoms with Gasteiger partial charge < -0.3 is 5.73 Å². The number of primary amides is 1. The van der Waals surface area contributed by atoms with E-state index in [9.17, 15) is 4.79 Å². The molecule has 1 aromatic rings. The van der Waals surface area contributed by atoms with Gasteiger partial charge in [0, 0.05) is 11.5 Å². The number of carbonyl (C=O) groups is 1. The molecule has 3 N–H and O–H groups in total. The van der Waals surface area contributed by atoms with Crippen molar-refractivity contribution in [1.29, 1.82) is 0 Å². The lowest BCUT2D eigenvalue weighted by atomic mass is 9.76. The van der Waals surface area contributed by atoms with Crippen molar-refractivity contribution in [3.05, 3.63) is 45.8 Å². The first-order valence-corrected chi connectivity index (χ1v) is 6.85. The van der Waals surface area contributed by atoms with Crippen LogP contribution in [0.5, 0.6) is 0 Å². The van der Waals surface area contributed by atoms with E-state index in [1.165, 1.54) is 5.56 Å². The molecule has 0 saturated carbocycles. The molecule has 0 saturated heterocycles. The van der Waals surface area contributed by atoms with Gasteiger partial charge >= 0.3 is 0 Å². The zero-order chi connectivity index (χ0) is 14.4. The van der Waals surface area contributed by atoms with Gasteiger partial charge in [0.2, 0.25) is 5.91 Å². The van der Waals surface area contributed by atoms with Crippen LogP contribution in [0.4, 0.5) is 0 Å². The molecule has 1 amide bonds. The molecule has 106 valence electrons. The Morgan fingerprint density at radius 1 is 1.50 bits per heavy atom. The van der Waals surface area contributed by atoms with Gasteiger partial charge in [-0.05, 0) is 48.9 Å². The predicted octanol–water partition coefficient (Wildman–Crippen LogP) is 1.99. The molecule has 0 radical (unpaired) electrons. The van der Waals surface area contributed by atoms with E-state index in [1.807, 2.05) is 24.3 Å². The Morgan fingerprint density at radius 3 is 3.05 bits per heavy atom. The maximum atomic E-state index is 12.0. The molecule has 1 atom stereocenters. The molecular weight excluding hydrogens is 254 g/mol. The smallest absolute Gasteiger partial charge is 0.242 e. The summed E-state index contributed by atoms with van der Waals surface area (Å²) in [5, 5.41) is 6.78. The van der Waals surface area contributed by atoms with E-state index in [2.05, 4.69) is 15.3 Å². The van der Waals surface area contributed by atoms with E-state index < -0.39 is 5.54 Å². The van der Waals surface area contributed by atoms with E-state index in [4.69, 9.17) is 11.3 Å². The Morgan fingerprint density at radius 2 is 2.30 bits per heavy atom. The van der Waals surface area contributed by atoms with Crippen LogP contribution in [0.3, 0.4) is 0 Å². The van der Waals surface area contributed by atoms with Crippen LogP contribution in [-0.2, 0) is 16.8 Å². The number of hydrogen-bond acceptors (Lipinski definition) is 3. The minimum absolute atomic E-state index is 0.339. The van der Waals surface area contributed by atoms with E-state index in [0.717, 1.165) is 18.4 Å². The van der Waals surface area contributed by atoms with Crippen LogP contribution >= 0.6 is 0 Å². The molecule has 0 aliphatic heterocycles. The molecule has 1 aromatic carbocycles. The fourth-order valence-corrected chi connectivity index (χ4v) is 2.86. The van der Waals surface area contributed by atoms with Gasteiger partial charge in [-0.15, -0.1) is 0 Å². The highest BCUT2D eigenvalue weighted by atomic mass is 16.1. The molecule has 1 aliphatic carbocycles. The van der Waals surface area contributed by atoms with Crippen LogP contribution in [0.2, 0.25) is 0 Å². The molecule has 1 aliphatic rings. The summed E-state index contributed by atoms with van der Waals surface area (Å²) in [6.07, 6.45) is 3.30. The Balaban J connectivity index is 2.18. The number of aryl methyl sites for hydroxylation is 1. The van der Waals surface area contributed by atoms with Crippen LogP contribution in [0.15, 0.2) is 29.4 Å². The van der Waals surface area contributed by atoms with Gasteiger partial charge in [0.1, 0.15) is 5.54 Å². The van der Waals surface area contributed by atoms with Crippen LogP contribution in [0.25, 0.3) is 10.4 Å². The summed E-state index contributed by atoms with van der Waals surface area (Å²) in [6, 6.07) is 7.94. The van der Waals surface area contributed by atoms with Crippen LogP contribution in [0, 0.1) is 0 Å². The van der Waals surface area contributed by atoms with Gasteiger partial charge in [0.25, 0.3) is 0 Å². The predicted molar refractivity (Wildman–Crippen MR) is 76.9 cm³/mol. The van der Waals surface area contributed by atoms with Crippen LogP contribution in [0.1, 0.15) is 30.4 Å². The second-order valence-electron chi connectivity index (χ2n) is 5.02. The van der Waals surface area contributed by atoms with E-state index >= 15 is 0 Å². The molecular formula is C14H19N5O. The lowest BCUT2D eigenvalue weighted by Crippen LogP contribution is -2.54. The number of carbonyl (C=O) groups excluding carboxylic acids is 1. The second kappa shape index (κ2) is 6.41. The highest BCUT2D eigenvalue weighted by Gasteiger charge is 2.41. The van der Waals surface area contributed by atoms with Gasteiger partial charge in [-0.1, -0.05) is 29.4 Å². The topological polar surface area (TPSA) is 104 Å². The SMILES string of the molecule is [N-]=[N+]=NCCCNC1(C(N)=O)CCCc2ccccc21. The van der Waals surface area contributed by atoms with E-state index in [1.54, 1.807) is 0 Å². The summed E-state index contributed by atoms with van der Waals surface area (Å²) < 4.78 is 0. The quantitative estimate of drug-likeness (QED) is 0.358. The number of nitrogens with zero attached hydrogens (tertiary/aromatic N) is 3. The summed E-state index contributed by atoms with van der Waals surface area (Å²) in [4.78, 5) is 14.8. The third-order valence-electron chi connectivity index (χ3n) is 3.82. The van der Waals surface area contributed by atoms with E-state index in [0.29, 0.717) is 25.9 Å². The fraction of sp³-hybridized carbons (Fsp3) is 0.500. The zero-order valence-electron chi connectivity index (χ0n) is 11.4. The summed E-state index contributed by atoms with van der Waals surface area (Å²) >= 11 is 0. The number of azide groups is 1. The third-order valence-corrected chi connectivity index (χ3v) is 3.82. The number of nitrogens with one attached hydrogen (secondary N) is 1. The first-order valence-electron chi connectivity index (χ1n) is 6.85. The first-order chi connectivity index (χ1) is 9.70. The molecule has 1 unspecified atom stereocenters. The third kappa shape index (κ3) is 2.76. The van der Waals surface area contributed by atoms with Gasteiger partial charge in [-0.3, -0.25) is 10.1 Å². The number of hydrogen-bond donors (Lipinski definition) is 2. The Kier molecular flexibility index (Phi) is 4.61. The summed E-state index contributed by atoms with van der Waals surface area (Å²) in [5.74, 6) is -0.339. The standard InChI is InChI=1S/C14H19N5O/c15-13(20)14(17-9-4-10-18-19-16)8-3-6-11-5-1-2-7-12(11)14/h1-2,5,7,17H,3-4,6,8-10H2,(H2,15,20). The highest BCUT2D eigenvalue weighted by Crippen LogP contribution is 2.35. The second-order valence-corrected chi connectivity index (χ2v) is 5.02.